The zero-order valence-electron chi connectivity index (χ0n) is 11.0. The van der Waals surface area contributed by atoms with Crippen molar-refractivity contribution in [1.29, 1.82) is 0 Å². The Morgan fingerprint density at radius 2 is 2.16 bits per heavy atom. The lowest BCUT2D eigenvalue weighted by molar-refractivity contribution is 0.538. The SMILES string of the molecule is CCNC(Cc1cc(Cl)ccc1Cl)c1cn(C)cn1. The number of rotatable bonds is 5. The smallest absolute Gasteiger partial charge is 0.0947 e. The topological polar surface area (TPSA) is 29.9 Å². The first-order chi connectivity index (χ1) is 9.10. The van der Waals surface area contributed by atoms with Crippen LogP contribution in [0.3, 0.4) is 0 Å². The fourth-order valence-electron chi connectivity index (χ4n) is 2.06. The van der Waals surface area contributed by atoms with Crippen molar-refractivity contribution in [3.8, 4) is 0 Å². The van der Waals surface area contributed by atoms with E-state index >= 15 is 0 Å². The molecule has 0 spiro atoms. The highest BCUT2D eigenvalue weighted by molar-refractivity contribution is 6.33. The molecule has 1 unspecified atom stereocenters. The fraction of sp³-hybridized carbons (Fsp3) is 0.357. The molecule has 0 fully saturated rings. The van der Waals surface area contributed by atoms with Gasteiger partial charge in [-0.25, -0.2) is 4.98 Å². The highest BCUT2D eigenvalue weighted by Crippen LogP contribution is 2.25. The summed E-state index contributed by atoms with van der Waals surface area (Å²) in [4.78, 5) is 4.41. The van der Waals surface area contributed by atoms with Gasteiger partial charge in [0, 0.05) is 23.3 Å². The minimum atomic E-state index is 0.141. The number of nitrogens with one attached hydrogen (secondary N) is 1. The van der Waals surface area contributed by atoms with E-state index in [1.165, 1.54) is 0 Å². The molecule has 0 saturated carbocycles. The number of nitrogens with zero attached hydrogens (tertiary/aromatic N) is 2. The molecule has 1 aromatic carbocycles. The van der Waals surface area contributed by atoms with Gasteiger partial charge in [-0.15, -0.1) is 0 Å². The van der Waals surface area contributed by atoms with Gasteiger partial charge in [-0.1, -0.05) is 30.1 Å². The molecule has 2 rings (SSSR count). The van der Waals surface area contributed by atoms with Crippen molar-refractivity contribution in [2.75, 3.05) is 6.54 Å². The number of halogens is 2. The second kappa shape index (κ2) is 6.42. The van der Waals surface area contributed by atoms with Gasteiger partial charge >= 0.3 is 0 Å². The first kappa shape index (κ1) is 14.4. The van der Waals surface area contributed by atoms with Crippen LogP contribution in [0, 0.1) is 0 Å². The van der Waals surface area contributed by atoms with Gasteiger partial charge in [0.2, 0.25) is 0 Å². The average molecular weight is 298 g/mol. The Labute approximate surface area is 123 Å². The molecule has 102 valence electrons. The number of aromatic nitrogens is 2. The summed E-state index contributed by atoms with van der Waals surface area (Å²) in [5, 5.41) is 4.87. The molecule has 1 N–H and O–H groups in total. The zero-order chi connectivity index (χ0) is 13.8. The van der Waals surface area contributed by atoms with Crippen molar-refractivity contribution in [2.45, 2.75) is 19.4 Å². The molecule has 0 aliphatic heterocycles. The first-order valence-corrected chi connectivity index (χ1v) is 7.01. The van der Waals surface area contributed by atoms with Crippen LogP contribution in [-0.4, -0.2) is 16.1 Å². The van der Waals surface area contributed by atoms with Crippen LogP contribution in [0.15, 0.2) is 30.7 Å². The molecule has 1 heterocycles. The van der Waals surface area contributed by atoms with Crippen molar-refractivity contribution in [2.24, 2.45) is 7.05 Å². The maximum atomic E-state index is 6.22. The molecule has 0 bridgehead atoms. The van der Waals surface area contributed by atoms with Crippen molar-refractivity contribution in [3.05, 3.63) is 52.0 Å². The molecule has 0 saturated heterocycles. The summed E-state index contributed by atoms with van der Waals surface area (Å²) >= 11 is 12.2. The van der Waals surface area contributed by atoms with Crippen LogP contribution in [0.1, 0.15) is 24.2 Å². The van der Waals surface area contributed by atoms with E-state index in [9.17, 15) is 0 Å². The summed E-state index contributed by atoms with van der Waals surface area (Å²) in [5.74, 6) is 0. The van der Waals surface area contributed by atoms with E-state index in [0.29, 0.717) is 5.02 Å². The summed E-state index contributed by atoms with van der Waals surface area (Å²) in [7, 11) is 1.96. The molecule has 1 atom stereocenters. The molecule has 0 radical (unpaired) electrons. The van der Waals surface area contributed by atoms with Gasteiger partial charge in [0.05, 0.1) is 18.1 Å². The van der Waals surface area contributed by atoms with E-state index in [1.807, 2.05) is 29.9 Å². The molecule has 3 nitrogen and oxygen atoms in total. The molecular formula is C14H17Cl2N3. The van der Waals surface area contributed by atoms with E-state index in [0.717, 1.165) is 29.2 Å². The third kappa shape index (κ3) is 3.72. The maximum absolute atomic E-state index is 6.22. The van der Waals surface area contributed by atoms with E-state index < -0.39 is 0 Å². The van der Waals surface area contributed by atoms with Crippen molar-refractivity contribution >= 4 is 23.2 Å². The molecule has 19 heavy (non-hydrogen) atoms. The lowest BCUT2D eigenvalue weighted by Crippen LogP contribution is -2.23. The Balaban J connectivity index is 2.23. The van der Waals surface area contributed by atoms with Gasteiger partial charge in [-0.3, -0.25) is 0 Å². The summed E-state index contributed by atoms with van der Waals surface area (Å²) in [6.07, 6.45) is 4.59. The van der Waals surface area contributed by atoms with Crippen LogP contribution in [-0.2, 0) is 13.5 Å². The molecule has 0 aliphatic rings. The van der Waals surface area contributed by atoms with Crippen LogP contribution in [0.5, 0.6) is 0 Å². The monoisotopic (exact) mass is 297 g/mol. The molecule has 0 amide bonds. The highest BCUT2D eigenvalue weighted by atomic mass is 35.5. The Kier molecular flexibility index (Phi) is 4.86. The second-order valence-electron chi connectivity index (χ2n) is 4.51. The van der Waals surface area contributed by atoms with Gasteiger partial charge in [0.15, 0.2) is 0 Å². The normalized spacial score (nSPS) is 12.6. The van der Waals surface area contributed by atoms with Crippen LogP contribution >= 0.6 is 23.2 Å². The number of benzene rings is 1. The minimum absolute atomic E-state index is 0.141. The molecule has 1 aromatic heterocycles. The lowest BCUT2D eigenvalue weighted by Gasteiger charge is -2.16. The standard InChI is InChI=1S/C14H17Cl2N3/c1-3-17-13(14-8-19(2)9-18-14)7-10-6-11(15)4-5-12(10)16/h4-6,8-9,13,17H,3,7H2,1-2H3. The van der Waals surface area contributed by atoms with Gasteiger partial charge in [0.1, 0.15) is 0 Å². The summed E-state index contributed by atoms with van der Waals surface area (Å²) in [5.41, 5.74) is 2.05. The van der Waals surface area contributed by atoms with Crippen LogP contribution in [0.4, 0.5) is 0 Å². The first-order valence-electron chi connectivity index (χ1n) is 6.25. The summed E-state index contributed by atoms with van der Waals surface area (Å²) in [6.45, 7) is 2.95. The van der Waals surface area contributed by atoms with E-state index in [2.05, 4.69) is 17.2 Å². The Hall–Kier alpha value is -1.03. The van der Waals surface area contributed by atoms with Crippen LogP contribution < -0.4 is 5.32 Å². The van der Waals surface area contributed by atoms with Gasteiger partial charge in [-0.2, -0.15) is 0 Å². The van der Waals surface area contributed by atoms with E-state index in [1.54, 1.807) is 12.4 Å². The third-order valence-electron chi connectivity index (χ3n) is 2.96. The van der Waals surface area contributed by atoms with E-state index in [-0.39, 0.29) is 6.04 Å². The molecule has 2 aromatic rings. The quantitative estimate of drug-likeness (QED) is 0.913. The number of hydrogen-bond donors (Lipinski definition) is 1. The zero-order valence-corrected chi connectivity index (χ0v) is 12.5. The largest absolute Gasteiger partial charge is 0.340 e. The van der Waals surface area contributed by atoms with Crippen molar-refractivity contribution < 1.29 is 0 Å². The third-order valence-corrected chi connectivity index (χ3v) is 3.57. The fourth-order valence-corrected chi connectivity index (χ4v) is 2.45. The number of hydrogen-bond acceptors (Lipinski definition) is 2. The Morgan fingerprint density at radius 3 is 2.79 bits per heavy atom. The number of imidazole rings is 1. The van der Waals surface area contributed by atoms with Gasteiger partial charge in [-0.05, 0) is 36.7 Å². The summed E-state index contributed by atoms with van der Waals surface area (Å²) < 4.78 is 1.94. The molecule has 0 aliphatic carbocycles. The minimum Gasteiger partial charge on any atom is -0.340 e. The van der Waals surface area contributed by atoms with Gasteiger partial charge in [0.25, 0.3) is 0 Å². The summed E-state index contributed by atoms with van der Waals surface area (Å²) in [6, 6.07) is 5.69. The van der Waals surface area contributed by atoms with Crippen molar-refractivity contribution in [1.82, 2.24) is 14.9 Å². The number of likely N-dealkylation sites (N-methyl/N-ethyl adjacent to an activating group) is 1. The average Bonchev–Trinajstić information content (AvgIpc) is 2.80. The maximum Gasteiger partial charge on any atom is 0.0947 e. The predicted molar refractivity (Wildman–Crippen MR) is 79.8 cm³/mol. The molecular weight excluding hydrogens is 281 g/mol. The Bertz CT molecular complexity index is 551. The van der Waals surface area contributed by atoms with Crippen LogP contribution in [0.25, 0.3) is 0 Å². The molecule has 5 heteroatoms. The van der Waals surface area contributed by atoms with Crippen LogP contribution in [0.2, 0.25) is 10.0 Å². The predicted octanol–water partition coefficient (Wildman–Crippen LogP) is 3.62. The highest BCUT2D eigenvalue weighted by Gasteiger charge is 2.15. The lowest BCUT2D eigenvalue weighted by atomic mass is 10.0. The second-order valence-corrected chi connectivity index (χ2v) is 5.36. The van der Waals surface area contributed by atoms with Crippen molar-refractivity contribution in [3.63, 3.8) is 0 Å². The Morgan fingerprint density at radius 1 is 1.37 bits per heavy atom. The number of aryl methyl sites for hydroxylation is 1. The van der Waals surface area contributed by atoms with Gasteiger partial charge < -0.3 is 9.88 Å². The van der Waals surface area contributed by atoms with E-state index in [4.69, 9.17) is 23.2 Å².